The molecule has 1 aliphatic rings. The first kappa shape index (κ1) is 19.2. The molecule has 1 fully saturated rings. The molecule has 2 aromatic rings. The van der Waals surface area contributed by atoms with E-state index in [1.807, 2.05) is 24.1 Å². The van der Waals surface area contributed by atoms with Crippen molar-refractivity contribution in [2.24, 2.45) is 0 Å². The first-order valence-corrected chi connectivity index (χ1v) is 10.6. The van der Waals surface area contributed by atoms with Crippen molar-refractivity contribution in [3.8, 4) is 0 Å². The predicted molar refractivity (Wildman–Crippen MR) is 102 cm³/mol. The SMILES string of the molecule is CN(CCc1ccncc1)c1cnc(C(=O)N(C)C2CCS(=O)(=O)C2)cn1. The number of carbonyl (C=O) groups excluding carboxylic acids is 1. The number of aromatic nitrogens is 3. The molecule has 1 saturated heterocycles. The van der Waals surface area contributed by atoms with Gasteiger partial charge in [-0.15, -0.1) is 0 Å². The van der Waals surface area contributed by atoms with Gasteiger partial charge < -0.3 is 9.80 Å². The molecule has 1 atom stereocenters. The molecule has 0 bridgehead atoms. The van der Waals surface area contributed by atoms with Crippen LogP contribution < -0.4 is 4.90 Å². The van der Waals surface area contributed by atoms with Crippen molar-refractivity contribution in [2.45, 2.75) is 18.9 Å². The highest BCUT2D eigenvalue weighted by Gasteiger charge is 2.33. The van der Waals surface area contributed by atoms with Gasteiger partial charge >= 0.3 is 0 Å². The Labute approximate surface area is 159 Å². The van der Waals surface area contributed by atoms with Gasteiger partial charge in [-0.2, -0.15) is 0 Å². The molecule has 144 valence electrons. The molecule has 1 amide bonds. The third-order valence-corrected chi connectivity index (χ3v) is 6.56. The van der Waals surface area contributed by atoms with Crippen molar-refractivity contribution in [1.82, 2.24) is 19.9 Å². The van der Waals surface area contributed by atoms with Gasteiger partial charge in [-0.05, 0) is 30.5 Å². The van der Waals surface area contributed by atoms with Crippen LogP contribution in [0, 0.1) is 0 Å². The van der Waals surface area contributed by atoms with Gasteiger partial charge in [-0.3, -0.25) is 9.78 Å². The molecule has 0 spiro atoms. The van der Waals surface area contributed by atoms with Crippen molar-refractivity contribution >= 4 is 21.6 Å². The normalized spacial score (nSPS) is 18.2. The maximum absolute atomic E-state index is 12.5. The number of sulfone groups is 1. The second-order valence-corrected chi connectivity index (χ2v) is 8.99. The molecule has 27 heavy (non-hydrogen) atoms. The van der Waals surface area contributed by atoms with Gasteiger partial charge in [-0.25, -0.2) is 18.4 Å². The van der Waals surface area contributed by atoms with Crippen LogP contribution >= 0.6 is 0 Å². The monoisotopic (exact) mass is 389 g/mol. The smallest absolute Gasteiger partial charge is 0.274 e. The molecule has 0 radical (unpaired) electrons. The van der Waals surface area contributed by atoms with E-state index in [0.29, 0.717) is 12.2 Å². The fourth-order valence-corrected chi connectivity index (χ4v) is 4.79. The first-order valence-electron chi connectivity index (χ1n) is 8.75. The van der Waals surface area contributed by atoms with E-state index in [2.05, 4.69) is 15.0 Å². The zero-order valence-corrected chi connectivity index (χ0v) is 16.3. The second kappa shape index (κ2) is 7.99. The fraction of sp³-hybridized carbons (Fsp3) is 0.444. The summed E-state index contributed by atoms with van der Waals surface area (Å²) >= 11 is 0. The summed E-state index contributed by atoms with van der Waals surface area (Å²) < 4.78 is 23.2. The van der Waals surface area contributed by atoms with Crippen molar-refractivity contribution in [3.05, 3.63) is 48.2 Å². The van der Waals surface area contributed by atoms with Gasteiger partial charge in [0.15, 0.2) is 9.84 Å². The van der Waals surface area contributed by atoms with Crippen LogP contribution in [0.25, 0.3) is 0 Å². The topological polar surface area (TPSA) is 96.4 Å². The Kier molecular flexibility index (Phi) is 5.69. The summed E-state index contributed by atoms with van der Waals surface area (Å²) in [6, 6.07) is 3.65. The Morgan fingerprint density at radius 1 is 1.19 bits per heavy atom. The molecule has 0 aliphatic carbocycles. The Hall–Kier alpha value is -2.55. The number of hydrogen-bond acceptors (Lipinski definition) is 7. The largest absolute Gasteiger partial charge is 0.358 e. The number of anilines is 1. The summed E-state index contributed by atoms with van der Waals surface area (Å²) in [6.45, 7) is 0.756. The molecule has 0 saturated carbocycles. The lowest BCUT2D eigenvalue weighted by Crippen LogP contribution is -2.38. The number of likely N-dealkylation sites (N-methyl/N-ethyl adjacent to an activating group) is 1. The number of amides is 1. The lowest BCUT2D eigenvalue weighted by atomic mass is 10.2. The minimum Gasteiger partial charge on any atom is -0.358 e. The number of pyridine rings is 1. The van der Waals surface area contributed by atoms with Crippen LogP contribution in [0.2, 0.25) is 0 Å². The van der Waals surface area contributed by atoms with Crippen LogP contribution in [0.15, 0.2) is 36.9 Å². The van der Waals surface area contributed by atoms with Crippen LogP contribution in [0.3, 0.4) is 0 Å². The van der Waals surface area contributed by atoms with Gasteiger partial charge in [0.1, 0.15) is 11.5 Å². The van der Waals surface area contributed by atoms with E-state index in [-0.39, 0.29) is 29.1 Å². The Balaban J connectivity index is 1.60. The molecular weight excluding hydrogens is 366 g/mol. The summed E-state index contributed by atoms with van der Waals surface area (Å²) in [4.78, 5) is 28.5. The highest BCUT2D eigenvalue weighted by molar-refractivity contribution is 7.91. The Bertz CT molecular complexity index is 887. The quantitative estimate of drug-likeness (QED) is 0.721. The van der Waals surface area contributed by atoms with E-state index in [1.165, 1.54) is 16.7 Å². The van der Waals surface area contributed by atoms with Crippen molar-refractivity contribution in [2.75, 3.05) is 37.0 Å². The molecule has 3 heterocycles. The Morgan fingerprint density at radius 3 is 2.52 bits per heavy atom. The highest BCUT2D eigenvalue weighted by Crippen LogP contribution is 2.18. The van der Waals surface area contributed by atoms with Crippen LogP contribution in [-0.4, -0.2) is 72.4 Å². The van der Waals surface area contributed by atoms with Gasteiger partial charge in [0.25, 0.3) is 5.91 Å². The summed E-state index contributed by atoms with van der Waals surface area (Å²) in [5.41, 5.74) is 1.40. The summed E-state index contributed by atoms with van der Waals surface area (Å²) in [7, 11) is 0.490. The van der Waals surface area contributed by atoms with Crippen molar-refractivity contribution in [3.63, 3.8) is 0 Å². The molecule has 8 nitrogen and oxygen atoms in total. The molecular formula is C18H23N5O3S. The molecule has 9 heteroatoms. The number of nitrogens with zero attached hydrogens (tertiary/aromatic N) is 5. The molecule has 0 aromatic carbocycles. The van der Waals surface area contributed by atoms with Crippen LogP contribution in [0.1, 0.15) is 22.5 Å². The summed E-state index contributed by atoms with van der Waals surface area (Å²) in [6.07, 6.45) is 7.86. The fourth-order valence-electron chi connectivity index (χ4n) is 3.02. The molecule has 1 unspecified atom stereocenters. The van der Waals surface area contributed by atoms with Crippen LogP contribution in [-0.2, 0) is 16.3 Å². The van der Waals surface area contributed by atoms with Crippen molar-refractivity contribution in [1.29, 1.82) is 0 Å². The van der Waals surface area contributed by atoms with E-state index in [1.54, 1.807) is 25.6 Å². The molecule has 2 aromatic heterocycles. The van der Waals surface area contributed by atoms with Crippen LogP contribution in [0.5, 0.6) is 0 Å². The van der Waals surface area contributed by atoms with Gasteiger partial charge in [-0.1, -0.05) is 0 Å². The van der Waals surface area contributed by atoms with Gasteiger partial charge in [0.2, 0.25) is 0 Å². The lowest BCUT2D eigenvalue weighted by Gasteiger charge is -2.23. The van der Waals surface area contributed by atoms with Gasteiger partial charge in [0.05, 0.1) is 23.9 Å². The van der Waals surface area contributed by atoms with E-state index in [0.717, 1.165) is 13.0 Å². The van der Waals surface area contributed by atoms with E-state index >= 15 is 0 Å². The molecule has 0 N–H and O–H groups in total. The van der Waals surface area contributed by atoms with Crippen LogP contribution in [0.4, 0.5) is 5.82 Å². The zero-order chi connectivity index (χ0) is 19.4. The standard InChI is InChI=1S/C18H23N5O3S/c1-22(9-5-14-3-7-19-8-4-14)17-12-20-16(11-21-17)18(24)23(2)15-6-10-27(25,26)13-15/h3-4,7-8,11-12,15H,5-6,9-10,13H2,1-2H3. The van der Waals surface area contributed by atoms with E-state index in [9.17, 15) is 13.2 Å². The zero-order valence-electron chi connectivity index (χ0n) is 15.4. The van der Waals surface area contributed by atoms with E-state index < -0.39 is 9.84 Å². The number of carbonyl (C=O) groups is 1. The van der Waals surface area contributed by atoms with Crippen molar-refractivity contribution < 1.29 is 13.2 Å². The van der Waals surface area contributed by atoms with E-state index in [4.69, 9.17) is 0 Å². The average molecular weight is 389 g/mol. The molecule has 1 aliphatic heterocycles. The highest BCUT2D eigenvalue weighted by atomic mass is 32.2. The maximum atomic E-state index is 12.5. The summed E-state index contributed by atoms with van der Waals surface area (Å²) in [5, 5.41) is 0. The van der Waals surface area contributed by atoms with Gasteiger partial charge in [0, 0.05) is 39.1 Å². The third kappa shape index (κ3) is 4.79. The lowest BCUT2D eigenvalue weighted by molar-refractivity contribution is 0.0741. The molecule has 3 rings (SSSR count). The predicted octanol–water partition coefficient (Wildman–Crippen LogP) is 0.810. The average Bonchev–Trinajstić information content (AvgIpc) is 3.05. The Morgan fingerprint density at radius 2 is 1.93 bits per heavy atom. The minimum absolute atomic E-state index is 0.0124. The second-order valence-electron chi connectivity index (χ2n) is 6.76. The minimum atomic E-state index is -3.04. The number of hydrogen-bond donors (Lipinski definition) is 0. The summed E-state index contributed by atoms with van der Waals surface area (Å²) in [5.74, 6) is 0.503. The third-order valence-electron chi connectivity index (χ3n) is 4.81. The maximum Gasteiger partial charge on any atom is 0.274 e. The number of rotatable bonds is 6. The first-order chi connectivity index (χ1) is 12.9.